The molecule has 6 nitrogen and oxygen atoms in total. The Morgan fingerprint density at radius 1 is 1.56 bits per heavy atom. The number of hydrogen-bond donors (Lipinski definition) is 2. The second kappa shape index (κ2) is 6.40. The fraction of sp³-hybridized carbons (Fsp3) is 0.200. The van der Waals surface area contributed by atoms with Crippen LogP contribution >= 0.6 is 0 Å². The number of hydrogen-bond acceptors (Lipinski definition) is 6. The number of nitrogens with zero attached hydrogens (tertiary/aromatic N) is 1. The van der Waals surface area contributed by atoms with Crippen LogP contribution in [0.25, 0.3) is 0 Å². The molecule has 0 saturated heterocycles. The quantitative estimate of drug-likeness (QED) is 0.546. The predicted molar refractivity (Wildman–Crippen MR) is 54.7 cm³/mol. The molecule has 0 bridgehead atoms. The highest BCUT2D eigenvalue weighted by molar-refractivity contribution is 5.69. The molecule has 0 aromatic heterocycles. The van der Waals surface area contributed by atoms with E-state index in [0.29, 0.717) is 11.3 Å². The molecule has 0 saturated carbocycles. The molecule has 0 spiro atoms. The number of nitrogens with one attached hydrogen (secondary N) is 1. The van der Waals surface area contributed by atoms with Crippen LogP contribution in [-0.2, 0) is 9.63 Å². The monoisotopic (exact) mass is 221 g/mol. The summed E-state index contributed by atoms with van der Waals surface area (Å²) in [6, 6.07) is 8.65. The van der Waals surface area contributed by atoms with Gasteiger partial charge in [-0.05, 0) is 18.2 Å². The first-order valence-corrected chi connectivity index (χ1v) is 4.54. The van der Waals surface area contributed by atoms with Gasteiger partial charge in [0.1, 0.15) is 5.75 Å². The van der Waals surface area contributed by atoms with Crippen molar-refractivity contribution in [3.05, 3.63) is 29.8 Å². The van der Waals surface area contributed by atoms with E-state index in [4.69, 9.17) is 15.8 Å². The number of ether oxygens (including phenoxy) is 1. The summed E-state index contributed by atoms with van der Waals surface area (Å²) in [5.41, 5.74) is 2.29. The Labute approximate surface area is 92.5 Å². The maximum atomic E-state index is 10.9. The largest absolute Gasteiger partial charge is 0.493 e. The number of hydrazine groups is 1. The fourth-order valence-corrected chi connectivity index (χ4v) is 1.02. The highest BCUT2D eigenvalue weighted by Crippen LogP contribution is 2.12. The van der Waals surface area contributed by atoms with E-state index in [9.17, 15) is 4.79 Å². The van der Waals surface area contributed by atoms with Crippen molar-refractivity contribution in [2.45, 2.75) is 6.42 Å². The third-order valence-electron chi connectivity index (χ3n) is 1.71. The molecule has 0 aliphatic heterocycles. The Balaban J connectivity index is 2.37. The van der Waals surface area contributed by atoms with Gasteiger partial charge in [0.15, 0.2) is 0 Å². The molecule has 0 amide bonds. The third-order valence-corrected chi connectivity index (χ3v) is 1.71. The summed E-state index contributed by atoms with van der Waals surface area (Å²) in [5.74, 6) is 4.80. The second-order valence-electron chi connectivity index (χ2n) is 2.83. The second-order valence-corrected chi connectivity index (χ2v) is 2.83. The van der Waals surface area contributed by atoms with E-state index < -0.39 is 5.97 Å². The van der Waals surface area contributed by atoms with Crippen molar-refractivity contribution in [3.8, 4) is 11.8 Å². The van der Waals surface area contributed by atoms with Gasteiger partial charge in [-0.25, -0.2) is 5.84 Å². The van der Waals surface area contributed by atoms with Crippen molar-refractivity contribution in [1.82, 2.24) is 5.59 Å². The number of rotatable bonds is 5. The maximum absolute atomic E-state index is 10.9. The molecule has 0 aliphatic rings. The van der Waals surface area contributed by atoms with Crippen molar-refractivity contribution >= 4 is 5.97 Å². The molecule has 84 valence electrons. The minimum absolute atomic E-state index is 0.0704. The van der Waals surface area contributed by atoms with Crippen molar-refractivity contribution in [1.29, 1.82) is 5.26 Å². The van der Waals surface area contributed by atoms with E-state index in [1.807, 2.05) is 6.07 Å². The van der Waals surface area contributed by atoms with E-state index in [1.54, 1.807) is 29.9 Å². The van der Waals surface area contributed by atoms with Gasteiger partial charge in [-0.2, -0.15) is 5.26 Å². The molecule has 1 rings (SSSR count). The molecule has 6 heteroatoms. The maximum Gasteiger partial charge on any atom is 0.329 e. The molecule has 0 aliphatic carbocycles. The number of nitriles is 1. The molecule has 0 fully saturated rings. The van der Waals surface area contributed by atoms with Crippen LogP contribution in [0, 0.1) is 11.3 Å². The molecule has 0 radical (unpaired) electrons. The fourth-order valence-electron chi connectivity index (χ4n) is 1.02. The Bertz CT molecular complexity index is 401. The van der Waals surface area contributed by atoms with E-state index in [-0.39, 0.29) is 13.0 Å². The van der Waals surface area contributed by atoms with Crippen LogP contribution in [0.2, 0.25) is 0 Å². The molecular formula is C10H11N3O3. The predicted octanol–water partition coefficient (Wildman–Crippen LogP) is 0.249. The normalized spacial score (nSPS) is 9.25. The van der Waals surface area contributed by atoms with Crippen molar-refractivity contribution in [2.75, 3.05) is 6.61 Å². The summed E-state index contributed by atoms with van der Waals surface area (Å²) in [7, 11) is 0. The van der Waals surface area contributed by atoms with E-state index >= 15 is 0 Å². The molecule has 1 aromatic rings. The van der Waals surface area contributed by atoms with Crippen LogP contribution in [0.3, 0.4) is 0 Å². The molecule has 16 heavy (non-hydrogen) atoms. The van der Waals surface area contributed by atoms with E-state index in [1.165, 1.54) is 0 Å². The molecule has 0 atom stereocenters. The van der Waals surface area contributed by atoms with E-state index in [0.717, 1.165) is 0 Å². The lowest BCUT2D eigenvalue weighted by Crippen LogP contribution is -2.26. The van der Waals surface area contributed by atoms with Crippen molar-refractivity contribution in [3.63, 3.8) is 0 Å². The molecule has 0 unspecified atom stereocenters. The van der Waals surface area contributed by atoms with Crippen LogP contribution in [0.4, 0.5) is 0 Å². The summed E-state index contributed by atoms with van der Waals surface area (Å²) < 4.78 is 5.24. The first-order chi connectivity index (χ1) is 7.76. The molecule has 3 N–H and O–H groups in total. The zero-order chi connectivity index (χ0) is 11.8. The van der Waals surface area contributed by atoms with Crippen LogP contribution in [0.1, 0.15) is 12.0 Å². The van der Waals surface area contributed by atoms with Crippen LogP contribution in [-0.4, -0.2) is 12.6 Å². The average Bonchev–Trinajstić information content (AvgIpc) is 2.30. The van der Waals surface area contributed by atoms with Crippen LogP contribution in [0.15, 0.2) is 24.3 Å². The third kappa shape index (κ3) is 3.96. The van der Waals surface area contributed by atoms with Gasteiger partial charge < -0.3 is 9.57 Å². The van der Waals surface area contributed by atoms with Crippen molar-refractivity contribution < 1.29 is 14.4 Å². The van der Waals surface area contributed by atoms with Gasteiger partial charge in [-0.3, -0.25) is 4.79 Å². The van der Waals surface area contributed by atoms with Gasteiger partial charge >= 0.3 is 5.97 Å². The summed E-state index contributed by atoms with van der Waals surface area (Å²) in [5, 5.41) is 8.64. The first kappa shape index (κ1) is 12.0. The summed E-state index contributed by atoms with van der Waals surface area (Å²) in [6.07, 6.45) is 0.0704. The minimum Gasteiger partial charge on any atom is -0.493 e. The van der Waals surface area contributed by atoms with Crippen molar-refractivity contribution in [2.24, 2.45) is 5.84 Å². The number of benzene rings is 1. The standard InChI is InChI=1S/C10H11N3O3/c11-7-8-2-1-3-9(6-8)15-5-4-10(14)16-13-12/h1-3,6,13H,4-5,12H2. The molecule has 1 aromatic carbocycles. The zero-order valence-corrected chi connectivity index (χ0v) is 8.47. The Morgan fingerprint density at radius 2 is 2.38 bits per heavy atom. The Morgan fingerprint density at radius 3 is 3.06 bits per heavy atom. The van der Waals surface area contributed by atoms with Gasteiger partial charge in [0.05, 0.1) is 24.7 Å². The molecule has 0 heterocycles. The minimum atomic E-state index is -0.515. The number of nitrogens with two attached hydrogens (primary N) is 1. The molecular weight excluding hydrogens is 210 g/mol. The van der Waals surface area contributed by atoms with Gasteiger partial charge in [0, 0.05) is 0 Å². The van der Waals surface area contributed by atoms with Gasteiger partial charge in [-0.15, -0.1) is 0 Å². The zero-order valence-electron chi connectivity index (χ0n) is 8.47. The van der Waals surface area contributed by atoms with Gasteiger partial charge in [0.2, 0.25) is 0 Å². The Hall–Kier alpha value is -2.10. The lowest BCUT2D eigenvalue weighted by molar-refractivity contribution is -0.151. The SMILES string of the molecule is N#Cc1cccc(OCCC(=O)ONN)c1. The summed E-state index contributed by atoms with van der Waals surface area (Å²) in [4.78, 5) is 15.1. The lowest BCUT2D eigenvalue weighted by Gasteiger charge is -2.05. The van der Waals surface area contributed by atoms with Crippen LogP contribution < -0.4 is 16.2 Å². The number of carbonyl (C=O) groups excluding carboxylic acids is 1. The lowest BCUT2D eigenvalue weighted by atomic mass is 10.2. The average molecular weight is 221 g/mol. The smallest absolute Gasteiger partial charge is 0.329 e. The first-order valence-electron chi connectivity index (χ1n) is 4.54. The topological polar surface area (TPSA) is 97.4 Å². The summed E-state index contributed by atoms with van der Waals surface area (Å²) >= 11 is 0. The number of carbonyl (C=O) groups is 1. The van der Waals surface area contributed by atoms with Gasteiger partial charge in [0.25, 0.3) is 0 Å². The Kier molecular flexibility index (Phi) is 4.79. The van der Waals surface area contributed by atoms with Crippen LogP contribution in [0.5, 0.6) is 5.75 Å². The highest BCUT2D eigenvalue weighted by atomic mass is 16.7. The van der Waals surface area contributed by atoms with E-state index in [2.05, 4.69) is 4.84 Å². The van der Waals surface area contributed by atoms with Gasteiger partial charge in [-0.1, -0.05) is 11.7 Å². The highest BCUT2D eigenvalue weighted by Gasteiger charge is 2.02. The summed E-state index contributed by atoms with van der Waals surface area (Å²) in [6.45, 7) is 0.162.